The van der Waals surface area contributed by atoms with E-state index in [0.29, 0.717) is 13.0 Å². The van der Waals surface area contributed by atoms with Crippen LogP contribution in [-0.4, -0.2) is 69.6 Å². The largest absolute Gasteiger partial charge is 0.496 e. The Bertz CT molecular complexity index is 728. The fourth-order valence-electron chi connectivity index (χ4n) is 4.01. The van der Waals surface area contributed by atoms with Crippen LogP contribution >= 0.6 is 0 Å². The number of ether oxygens (including phenoxy) is 2. The van der Waals surface area contributed by atoms with Gasteiger partial charge in [-0.2, -0.15) is 0 Å². The number of para-hydroxylation sites is 1. The number of amides is 1. The molecule has 1 N–H and O–H groups in total. The number of carbonyl (C=O) groups is 1. The van der Waals surface area contributed by atoms with Crippen molar-refractivity contribution < 1.29 is 19.1 Å². The van der Waals surface area contributed by atoms with Gasteiger partial charge >= 0.3 is 0 Å². The highest BCUT2D eigenvalue weighted by Gasteiger charge is 2.44. The fourth-order valence-corrected chi connectivity index (χ4v) is 4.01. The topological polar surface area (TPSA) is 72.4 Å². The molecule has 1 fully saturated rings. The molecular formula is C21H31N3O4. The van der Waals surface area contributed by atoms with Gasteiger partial charge in [-0.1, -0.05) is 17.3 Å². The second kappa shape index (κ2) is 8.49. The monoisotopic (exact) mass is 389 g/mol. The predicted molar refractivity (Wildman–Crippen MR) is 108 cm³/mol. The molecule has 0 aliphatic carbocycles. The van der Waals surface area contributed by atoms with Gasteiger partial charge in [0.25, 0.3) is 5.91 Å². The third-order valence-electron chi connectivity index (χ3n) is 5.59. The normalized spacial score (nSPS) is 23.8. The summed E-state index contributed by atoms with van der Waals surface area (Å²) >= 11 is 0. The number of nitrogens with zero attached hydrogens (tertiary/aromatic N) is 2. The zero-order valence-electron chi connectivity index (χ0n) is 17.3. The number of hydrogen-bond acceptors (Lipinski definition) is 6. The molecule has 1 atom stereocenters. The number of carbonyl (C=O) groups excluding carboxylic acids is 1. The van der Waals surface area contributed by atoms with E-state index in [1.807, 2.05) is 24.3 Å². The van der Waals surface area contributed by atoms with Crippen LogP contribution in [0.4, 0.5) is 0 Å². The third kappa shape index (κ3) is 4.47. The van der Waals surface area contributed by atoms with Gasteiger partial charge in [-0.3, -0.25) is 4.79 Å². The van der Waals surface area contributed by atoms with Crippen LogP contribution in [0.15, 0.2) is 29.4 Å². The molecule has 154 valence electrons. The molecule has 0 aromatic heterocycles. The van der Waals surface area contributed by atoms with Gasteiger partial charge in [0, 0.05) is 43.7 Å². The summed E-state index contributed by atoms with van der Waals surface area (Å²) in [6.45, 7) is 4.78. The summed E-state index contributed by atoms with van der Waals surface area (Å²) in [7, 11) is 5.75. The Labute approximate surface area is 167 Å². The third-order valence-corrected chi connectivity index (χ3v) is 5.59. The summed E-state index contributed by atoms with van der Waals surface area (Å²) in [5, 5.41) is 7.33. The first-order valence-electron chi connectivity index (χ1n) is 9.77. The number of rotatable bonds is 7. The predicted octanol–water partition coefficient (Wildman–Crippen LogP) is 2.05. The van der Waals surface area contributed by atoms with Crippen LogP contribution in [0.25, 0.3) is 0 Å². The molecule has 28 heavy (non-hydrogen) atoms. The maximum Gasteiger partial charge on any atom is 0.267 e. The van der Waals surface area contributed by atoms with Crippen molar-refractivity contribution in [3.8, 4) is 5.75 Å². The lowest BCUT2D eigenvalue weighted by Crippen LogP contribution is -2.52. The van der Waals surface area contributed by atoms with E-state index in [-0.39, 0.29) is 11.3 Å². The van der Waals surface area contributed by atoms with Crippen molar-refractivity contribution in [3.05, 3.63) is 29.8 Å². The molecule has 7 nitrogen and oxygen atoms in total. The lowest BCUT2D eigenvalue weighted by Gasteiger charge is -2.39. The van der Waals surface area contributed by atoms with Crippen LogP contribution in [0.1, 0.15) is 31.7 Å². The maximum atomic E-state index is 13.0. The zero-order chi connectivity index (χ0) is 20.2. The van der Waals surface area contributed by atoms with E-state index >= 15 is 0 Å². The van der Waals surface area contributed by atoms with Crippen LogP contribution in [0.2, 0.25) is 0 Å². The molecule has 0 spiro atoms. The Hall–Kier alpha value is -2.12. The average molecular weight is 389 g/mol. The summed E-state index contributed by atoms with van der Waals surface area (Å²) < 4.78 is 10.9. The molecule has 1 aromatic rings. The molecule has 0 bridgehead atoms. The van der Waals surface area contributed by atoms with Crippen LogP contribution in [0.3, 0.4) is 0 Å². The van der Waals surface area contributed by atoms with E-state index in [1.165, 1.54) is 0 Å². The van der Waals surface area contributed by atoms with E-state index in [2.05, 4.69) is 29.5 Å². The van der Waals surface area contributed by atoms with Gasteiger partial charge in [0.1, 0.15) is 5.75 Å². The minimum Gasteiger partial charge on any atom is -0.496 e. The van der Waals surface area contributed by atoms with Crippen molar-refractivity contribution in [2.75, 3.05) is 47.5 Å². The molecular weight excluding hydrogens is 358 g/mol. The van der Waals surface area contributed by atoms with Crippen LogP contribution in [0, 0.1) is 5.41 Å². The van der Waals surface area contributed by atoms with Gasteiger partial charge in [-0.25, -0.2) is 0 Å². The van der Waals surface area contributed by atoms with Crippen LogP contribution in [0.5, 0.6) is 5.75 Å². The van der Waals surface area contributed by atoms with Gasteiger partial charge in [0.2, 0.25) is 5.60 Å². The Morgan fingerprint density at radius 3 is 2.68 bits per heavy atom. The van der Waals surface area contributed by atoms with E-state index < -0.39 is 5.60 Å². The highest BCUT2D eigenvalue weighted by Crippen LogP contribution is 2.33. The summed E-state index contributed by atoms with van der Waals surface area (Å²) in [6.07, 6.45) is 2.28. The number of nitrogens with one attached hydrogen (secondary N) is 1. The lowest BCUT2D eigenvalue weighted by atomic mass is 9.79. The molecule has 2 aliphatic rings. The molecule has 1 aromatic carbocycles. The van der Waals surface area contributed by atoms with Crippen molar-refractivity contribution in [2.24, 2.45) is 10.6 Å². The summed E-state index contributed by atoms with van der Waals surface area (Å²) in [4.78, 5) is 20.8. The van der Waals surface area contributed by atoms with E-state index in [1.54, 1.807) is 14.0 Å². The first-order valence-corrected chi connectivity index (χ1v) is 9.77. The summed E-state index contributed by atoms with van der Waals surface area (Å²) in [6, 6.07) is 7.64. The van der Waals surface area contributed by atoms with E-state index in [4.69, 9.17) is 14.3 Å². The lowest BCUT2D eigenvalue weighted by molar-refractivity contribution is -0.142. The van der Waals surface area contributed by atoms with Crippen molar-refractivity contribution in [1.29, 1.82) is 0 Å². The summed E-state index contributed by atoms with van der Waals surface area (Å²) in [5.74, 6) is 0.590. The number of benzene rings is 1. The molecule has 2 heterocycles. The van der Waals surface area contributed by atoms with Crippen molar-refractivity contribution >= 4 is 11.6 Å². The van der Waals surface area contributed by atoms with Gasteiger partial charge in [0.15, 0.2) is 0 Å². The Kier molecular flexibility index (Phi) is 6.25. The summed E-state index contributed by atoms with van der Waals surface area (Å²) in [5.41, 5.74) is 0.596. The standard InChI is InChI=1S/C21H31N3O4/c1-20(13-17(23-28-20)16-7-5-6-8-18(16)26-4)19(25)22-14-21(15-24(2)3)9-11-27-12-10-21/h5-8H,9-15H2,1-4H3,(H,22,25). The van der Waals surface area contributed by atoms with Gasteiger partial charge in [-0.15, -0.1) is 0 Å². The second-order valence-corrected chi connectivity index (χ2v) is 8.27. The molecule has 0 saturated carbocycles. The fraction of sp³-hybridized carbons (Fsp3) is 0.619. The second-order valence-electron chi connectivity index (χ2n) is 8.27. The molecule has 1 unspecified atom stereocenters. The Morgan fingerprint density at radius 1 is 1.29 bits per heavy atom. The first kappa shape index (κ1) is 20.6. The van der Waals surface area contributed by atoms with Gasteiger partial charge in [-0.05, 0) is 46.0 Å². The highest BCUT2D eigenvalue weighted by atomic mass is 16.7. The minimum atomic E-state index is -1.01. The number of methoxy groups -OCH3 is 1. The molecule has 2 aliphatic heterocycles. The van der Waals surface area contributed by atoms with Crippen LogP contribution in [-0.2, 0) is 14.4 Å². The Balaban J connectivity index is 1.64. The smallest absolute Gasteiger partial charge is 0.267 e. The average Bonchev–Trinajstić information content (AvgIpc) is 3.09. The minimum absolute atomic E-state index is 0.0265. The molecule has 0 radical (unpaired) electrons. The molecule has 3 rings (SSSR count). The zero-order valence-corrected chi connectivity index (χ0v) is 17.3. The quantitative estimate of drug-likeness (QED) is 0.773. The van der Waals surface area contributed by atoms with Crippen molar-refractivity contribution in [2.45, 2.75) is 31.8 Å². The van der Waals surface area contributed by atoms with Crippen LogP contribution < -0.4 is 10.1 Å². The Morgan fingerprint density at radius 2 is 2.00 bits per heavy atom. The van der Waals surface area contributed by atoms with Crippen molar-refractivity contribution in [3.63, 3.8) is 0 Å². The SMILES string of the molecule is COc1ccccc1C1=NOC(C)(C(=O)NCC2(CN(C)C)CCOCC2)C1. The molecule has 1 amide bonds. The van der Waals surface area contributed by atoms with Gasteiger partial charge < -0.3 is 24.5 Å². The van der Waals surface area contributed by atoms with E-state index in [0.717, 1.165) is 49.6 Å². The highest BCUT2D eigenvalue weighted by molar-refractivity contribution is 6.07. The molecule has 7 heteroatoms. The first-order chi connectivity index (χ1) is 13.4. The molecule has 1 saturated heterocycles. The van der Waals surface area contributed by atoms with E-state index in [9.17, 15) is 4.79 Å². The number of oxime groups is 1. The van der Waals surface area contributed by atoms with Crippen molar-refractivity contribution in [1.82, 2.24) is 10.2 Å². The maximum absolute atomic E-state index is 13.0. The number of hydrogen-bond donors (Lipinski definition) is 1. The van der Waals surface area contributed by atoms with Gasteiger partial charge in [0.05, 0.1) is 12.8 Å².